The monoisotopic (exact) mass is 431 g/mol. The lowest BCUT2D eigenvalue weighted by Gasteiger charge is -2.15. The Bertz CT molecular complexity index is 938. The van der Waals surface area contributed by atoms with E-state index in [1.807, 2.05) is 45.0 Å². The number of carbonyl (C=O) groups is 1. The van der Waals surface area contributed by atoms with Gasteiger partial charge in [-0.1, -0.05) is 32.9 Å². The van der Waals surface area contributed by atoms with Crippen molar-refractivity contribution in [3.63, 3.8) is 0 Å². The summed E-state index contributed by atoms with van der Waals surface area (Å²) in [5, 5.41) is 2.83. The first-order chi connectivity index (χ1) is 14.8. The number of carbonyl (C=O) groups excluding carboxylic acids is 1. The Kier molecular flexibility index (Phi) is 10.4. The standard InChI is InChI=1S/C12H12N2O2.C10H13F2N.C2H6/c1-8-11(7-15)14-12(13-8)9-3-5-10(16-2)6-4-9;1-3-10(11,12)8-5-4-6-9(7-8)13-2;1-2/h3-7H,1-2H3,(H,13,14);4-7,13H,3H2,1-2H3;1-2H3. The van der Waals surface area contributed by atoms with Crippen LogP contribution in [0.4, 0.5) is 14.5 Å². The van der Waals surface area contributed by atoms with Crippen LogP contribution in [0, 0.1) is 6.92 Å². The minimum Gasteiger partial charge on any atom is -0.497 e. The molecule has 0 amide bonds. The van der Waals surface area contributed by atoms with Crippen molar-refractivity contribution in [3.05, 3.63) is 65.5 Å². The molecule has 0 bridgehead atoms. The number of nitrogens with zero attached hydrogens (tertiary/aromatic N) is 1. The Labute approximate surface area is 182 Å². The highest BCUT2D eigenvalue weighted by Gasteiger charge is 2.28. The molecule has 3 rings (SSSR count). The summed E-state index contributed by atoms with van der Waals surface area (Å²) in [6.07, 6.45) is 0.582. The molecule has 0 atom stereocenters. The number of anilines is 1. The van der Waals surface area contributed by atoms with Gasteiger partial charge in [-0.3, -0.25) is 4.79 Å². The van der Waals surface area contributed by atoms with Crippen molar-refractivity contribution in [3.8, 4) is 17.1 Å². The summed E-state index contributed by atoms with van der Waals surface area (Å²) < 4.78 is 31.4. The molecule has 168 valence electrons. The van der Waals surface area contributed by atoms with E-state index in [-0.39, 0.29) is 12.0 Å². The topological polar surface area (TPSA) is 67.0 Å². The molecule has 7 heteroatoms. The van der Waals surface area contributed by atoms with Gasteiger partial charge in [0, 0.05) is 36.0 Å². The molecule has 0 aliphatic heterocycles. The van der Waals surface area contributed by atoms with E-state index in [0.29, 0.717) is 17.2 Å². The second-order valence-corrected chi connectivity index (χ2v) is 6.33. The first-order valence-electron chi connectivity index (χ1n) is 10.2. The van der Waals surface area contributed by atoms with Crippen molar-refractivity contribution in [2.75, 3.05) is 19.5 Å². The number of rotatable bonds is 6. The number of aldehydes is 1. The van der Waals surface area contributed by atoms with Crippen LogP contribution in [0.25, 0.3) is 11.4 Å². The predicted molar refractivity (Wildman–Crippen MR) is 122 cm³/mol. The zero-order chi connectivity index (χ0) is 23.4. The summed E-state index contributed by atoms with van der Waals surface area (Å²) in [7, 11) is 3.33. The van der Waals surface area contributed by atoms with Crippen LogP contribution in [0.15, 0.2) is 48.5 Å². The molecule has 5 nitrogen and oxygen atoms in total. The maximum Gasteiger partial charge on any atom is 0.273 e. The molecule has 31 heavy (non-hydrogen) atoms. The molecule has 0 spiro atoms. The number of halogens is 2. The lowest BCUT2D eigenvalue weighted by molar-refractivity contribution is -0.00823. The lowest BCUT2D eigenvalue weighted by Crippen LogP contribution is -2.11. The first kappa shape index (κ1) is 25.8. The molecule has 3 aromatic rings. The van der Waals surface area contributed by atoms with E-state index in [1.165, 1.54) is 19.1 Å². The van der Waals surface area contributed by atoms with Gasteiger partial charge in [-0.05, 0) is 43.3 Å². The number of nitrogens with one attached hydrogen (secondary N) is 2. The Morgan fingerprint density at radius 2 is 1.81 bits per heavy atom. The number of hydrogen-bond donors (Lipinski definition) is 2. The Balaban J connectivity index is 0.000000293. The summed E-state index contributed by atoms with van der Waals surface area (Å²) in [6.45, 7) is 7.30. The fourth-order valence-corrected chi connectivity index (χ4v) is 2.58. The number of ether oxygens (including phenoxy) is 1. The van der Waals surface area contributed by atoms with Crippen LogP contribution in [0.1, 0.15) is 48.9 Å². The van der Waals surface area contributed by atoms with Gasteiger partial charge < -0.3 is 15.0 Å². The largest absolute Gasteiger partial charge is 0.497 e. The quantitative estimate of drug-likeness (QED) is 0.439. The van der Waals surface area contributed by atoms with Gasteiger partial charge in [-0.2, -0.15) is 0 Å². The third-order valence-electron chi connectivity index (χ3n) is 4.42. The number of benzene rings is 2. The van der Waals surface area contributed by atoms with E-state index < -0.39 is 5.92 Å². The van der Waals surface area contributed by atoms with Gasteiger partial charge in [-0.25, -0.2) is 13.8 Å². The molecular weight excluding hydrogens is 400 g/mol. The van der Waals surface area contributed by atoms with Gasteiger partial charge in [0.05, 0.1) is 7.11 Å². The molecule has 0 aliphatic rings. The van der Waals surface area contributed by atoms with Gasteiger partial charge in [0.25, 0.3) is 5.92 Å². The van der Waals surface area contributed by atoms with Gasteiger partial charge in [-0.15, -0.1) is 0 Å². The molecule has 1 heterocycles. The van der Waals surface area contributed by atoms with E-state index in [0.717, 1.165) is 23.3 Å². The molecule has 0 unspecified atom stereocenters. The molecule has 0 saturated carbocycles. The molecule has 0 radical (unpaired) electrons. The summed E-state index contributed by atoms with van der Waals surface area (Å²) in [5.41, 5.74) is 2.94. The number of hydrogen-bond acceptors (Lipinski definition) is 4. The Morgan fingerprint density at radius 1 is 1.16 bits per heavy atom. The maximum absolute atomic E-state index is 13.2. The van der Waals surface area contributed by atoms with E-state index in [2.05, 4.69) is 15.3 Å². The highest BCUT2D eigenvalue weighted by atomic mass is 19.3. The number of aryl methyl sites for hydroxylation is 1. The second-order valence-electron chi connectivity index (χ2n) is 6.33. The summed E-state index contributed by atoms with van der Waals surface area (Å²) in [4.78, 5) is 17.9. The van der Waals surface area contributed by atoms with Crippen LogP contribution >= 0.6 is 0 Å². The number of imidazole rings is 1. The van der Waals surface area contributed by atoms with Crippen molar-refractivity contribution in [1.29, 1.82) is 0 Å². The Morgan fingerprint density at radius 3 is 2.29 bits per heavy atom. The molecule has 2 aromatic carbocycles. The number of H-pyrrole nitrogens is 1. The van der Waals surface area contributed by atoms with Crippen molar-refractivity contribution in [1.82, 2.24) is 9.97 Å². The van der Waals surface area contributed by atoms with Crippen LogP contribution < -0.4 is 10.1 Å². The normalized spacial score (nSPS) is 10.2. The van der Waals surface area contributed by atoms with Gasteiger partial charge in [0.15, 0.2) is 6.29 Å². The number of aromatic amines is 1. The molecule has 0 aliphatic carbocycles. The molecule has 0 fully saturated rings. The SMILES string of the molecule is CC.CCC(F)(F)c1cccc(NC)c1.COc1ccc(-c2nc(C=O)c(C)[nH]2)cc1. The molecule has 2 N–H and O–H groups in total. The fraction of sp³-hybridized carbons (Fsp3) is 0.333. The van der Waals surface area contributed by atoms with E-state index >= 15 is 0 Å². The average Bonchev–Trinajstić information content (AvgIpc) is 3.21. The van der Waals surface area contributed by atoms with Gasteiger partial charge in [0.2, 0.25) is 0 Å². The number of aromatic nitrogens is 2. The van der Waals surface area contributed by atoms with Gasteiger partial charge in [0.1, 0.15) is 17.3 Å². The smallest absolute Gasteiger partial charge is 0.273 e. The minimum atomic E-state index is -2.72. The number of alkyl halides is 2. The second kappa shape index (κ2) is 12.5. The summed E-state index contributed by atoms with van der Waals surface area (Å²) in [5.74, 6) is -1.22. The highest BCUT2D eigenvalue weighted by Crippen LogP contribution is 2.32. The van der Waals surface area contributed by atoms with Crippen molar-refractivity contribution in [2.45, 2.75) is 40.0 Å². The maximum atomic E-state index is 13.2. The van der Waals surface area contributed by atoms with Crippen LogP contribution in [0.3, 0.4) is 0 Å². The predicted octanol–water partition coefficient (Wildman–Crippen LogP) is 6.46. The highest BCUT2D eigenvalue weighted by molar-refractivity contribution is 5.75. The van der Waals surface area contributed by atoms with E-state index in [4.69, 9.17) is 4.74 Å². The van der Waals surface area contributed by atoms with Crippen LogP contribution in [0.5, 0.6) is 5.75 Å². The molecule has 1 aromatic heterocycles. The van der Waals surface area contributed by atoms with E-state index in [1.54, 1.807) is 26.3 Å². The number of methoxy groups -OCH3 is 1. The summed E-state index contributed by atoms with van der Waals surface area (Å²) >= 11 is 0. The molecule has 0 saturated heterocycles. The van der Waals surface area contributed by atoms with E-state index in [9.17, 15) is 13.6 Å². The third-order valence-corrected chi connectivity index (χ3v) is 4.42. The Hall–Kier alpha value is -3.22. The van der Waals surface area contributed by atoms with Gasteiger partial charge >= 0.3 is 0 Å². The molecular formula is C24H31F2N3O2. The minimum absolute atomic E-state index is 0.0712. The lowest BCUT2D eigenvalue weighted by atomic mass is 10.1. The summed E-state index contributed by atoms with van der Waals surface area (Å²) in [6, 6.07) is 13.8. The average molecular weight is 432 g/mol. The first-order valence-corrected chi connectivity index (χ1v) is 10.2. The zero-order valence-electron chi connectivity index (χ0n) is 18.9. The van der Waals surface area contributed by atoms with Crippen LogP contribution in [0.2, 0.25) is 0 Å². The van der Waals surface area contributed by atoms with Crippen LogP contribution in [-0.4, -0.2) is 30.4 Å². The van der Waals surface area contributed by atoms with Crippen molar-refractivity contribution < 1.29 is 18.3 Å². The van der Waals surface area contributed by atoms with Crippen molar-refractivity contribution >= 4 is 12.0 Å². The van der Waals surface area contributed by atoms with Crippen molar-refractivity contribution in [2.24, 2.45) is 0 Å². The fourth-order valence-electron chi connectivity index (χ4n) is 2.58. The van der Waals surface area contributed by atoms with Crippen LogP contribution in [-0.2, 0) is 5.92 Å². The third kappa shape index (κ3) is 7.20. The zero-order valence-corrected chi connectivity index (χ0v) is 18.9.